The number of pyridine rings is 1. The van der Waals surface area contributed by atoms with E-state index in [1.165, 1.54) is 9.08 Å². The minimum atomic E-state index is -0.294. The topological polar surface area (TPSA) is 83.7 Å². The van der Waals surface area contributed by atoms with E-state index in [9.17, 15) is 9.59 Å². The Labute approximate surface area is 179 Å². The van der Waals surface area contributed by atoms with E-state index in [1.807, 2.05) is 73.6 Å². The van der Waals surface area contributed by atoms with Crippen molar-refractivity contribution >= 4 is 23.1 Å². The summed E-state index contributed by atoms with van der Waals surface area (Å²) in [6.45, 7) is 0.735. The van der Waals surface area contributed by atoms with Crippen LogP contribution < -0.4 is 21.2 Å². The summed E-state index contributed by atoms with van der Waals surface area (Å²) in [6, 6.07) is 20.5. The zero-order valence-corrected chi connectivity index (χ0v) is 17.4. The summed E-state index contributed by atoms with van der Waals surface area (Å²) in [6.07, 6.45) is 1.69. The van der Waals surface area contributed by atoms with Crippen LogP contribution in [0.1, 0.15) is 11.1 Å². The number of rotatable bonds is 6. The molecule has 2 N–H and O–H groups in total. The minimum absolute atomic E-state index is 0.202. The van der Waals surface area contributed by atoms with Gasteiger partial charge in [0.2, 0.25) is 0 Å². The Morgan fingerprint density at radius 1 is 1.00 bits per heavy atom. The molecule has 0 unspecified atom stereocenters. The highest BCUT2D eigenvalue weighted by Gasteiger charge is 2.08. The smallest absolute Gasteiger partial charge is 0.350 e. The van der Waals surface area contributed by atoms with Gasteiger partial charge in [0.1, 0.15) is 0 Å². The molecule has 0 radical (unpaired) electrons. The summed E-state index contributed by atoms with van der Waals surface area (Å²) in [7, 11) is 3.96. The van der Waals surface area contributed by atoms with Gasteiger partial charge in [0.05, 0.1) is 6.54 Å². The van der Waals surface area contributed by atoms with Crippen molar-refractivity contribution in [1.82, 2.24) is 19.5 Å². The number of fused-ring (bicyclic) bond motifs is 1. The molecule has 2 amide bonds. The number of urea groups is 1. The van der Waals surface area contributed by atoms with Crippen molar-refractivity contribution in [1.29, 1.82) is 0 Å². The highest BCUT2D eigenvalue weighted by molar-refractivity contribution is 5.89. The third kappa shape index (κ3) is 4.75. The van der Waals surface area contributed by atoms with Crippen molar-refractivity contribution < 1.29 is 4.79 Å². The molecule has 2 aromatic carbocycles. The maximum Gasteiger partial charge on any atom is 0.350 e. The monoisotopic (exact) mass is 416 g/mol. The Bertz CT molecular complexity index is 1270. The molecule has 0 saturated carbocycles. The predicted octanol–water partition coefficient (Wildman–Crippen LogP) is 2.93. The second-order valence-electron chi connectivity index (χ2n) is 7.44. The van der Waals surface area contributed by atoms with E-state index >= 15 is 0 Å². The number of aromatic nitrogens is 3. The summed E-state index contributed by atoms with van der Waals surface area (Å²) in [5, 5.41) is 10.1. The molecule has 0 fully saturated rings. The van der Waals surface area contributed by atoms with Crippen molar-refractivity contribution in [3.05, 3.63) is 94.5 Å². The fraction of sp³-hybridized carbons (Fsp3) is 0.174. The third-order valence-corrected chi connectivity index (χ3v) is 4.89. The van der Waals surface area contributed by atoms with Gasteiger partial charge < -0.3 is 15.5 Å². The van der Waals surface area contributed by atoms with Crippen molar-refractivity contribution in [3.8, 4) is 0 Å². The predicted molar refractivity (Wildman–Crippen MR) is 122 cm³/mol. The van der Waals surface area contributed by atoms with Gasteiger partial charge in [-0.3, -0.25) is 4.40 Å². The Hall–Kier alpha value is -4.07. The van der Waals surface area contributed by atoms with Crippen molar-refractivity contribution in [2.24, 2.45) is 0 Å². The lowest BCUT2D eigenvalue weighted by atomic mass is 10.2. The van der Waals surface area contributed by atoms with Crippen LogP contribution in [0.5, 0.6) is 0 Å². The van der Waals surface area contributed by atoms with E-state index in [2.05, 4.69) is 15.7 Å². The Morgan fingerprint density at radius 2 is 1.81 bits per heavy atom. The van der Waals surface area contributed by atoms with Gasteiger partial charge in [0.15, 0.2) is 5.65 Å². The van der Waals surface area contributed by atoms with Crippen molar-refractivity contribution in [2.45, 2.75) is 13.1 Å². The minimum Gasteiger partial charge on any atom is -0.378 e. The van der Waals surface area contributed by atoms with Gasteiger partial charge in [-0.25, -0.2) is 14.3 Å². The first-order valence-electron chi connectivity index (χ1n) is 9.94. The van der Waals surface area contributed by atoms with Gasteiger partial charge >= 0.3 is 11.7 Å². The molecule has 0 atom stereocenters. The first-order valence-corrected chi connectivity index (χ1v) is 9.94. The van der Waals surface area contributed by atoms with Gasteiger partial charge in [0, 0.05) is 38.2 Å². The van der Waals surface area contributed by atoms with Gasteiger partial charge in [-0.1, -0.05) is 30.3 Å². The maximum atomic E-state index is 12.5. The van der Waals surface area contributed by atoms with Crippen LogP contribution in [0.25, 0.3) is 5.65 Å². The van der Waals surface area contributed by atoms with Crippen LogP contribution in [0.3, 0.4) is 0 Å². The second-order valence-corrected chi connectivity index (χ2v) is 7.44. The van der Waals surface area contributed by atoms with Crippen LogP contribution >= 0.6 is 0 Å². The largest absolute Gasteiger partial charge is 0.378 e. The summed E-state index contributed by atoms with van der Waals surface area (Å²) in [5.41, 5.74) is 4.00. The molecule has 0 bridgehead atoms. The van der Waals surface area contributed by atoms with E-state index < -0.39 is 0 Å². The number of nitrogens with one attached hydrogen (secondary N) is 2. The summed E-state index contributed by atoms with van der Waals surface area (Å²) < 4.78 is 2.91. The summed E-state index contributed by atoms with van der Waals surface area (Å²) in [4.78, 5) is 26.8. The van der Waals surface area contributed by atoms with Crippen LogP contribution in [0.15, 0.2) is 77.7 Å². The van der Waals surface area contributed by atoms with Crippen molar-refractivity contribution in [3.63, 3.8) is 0 Å². The van der Waals surface area contributed by atoms with Gasteiger partial charge in [-0.2, -0.15) is 0 Å². The average Bonchev–Trinajstić information content (AvgIpc) is 3.08. The lowest BCUT2D eigenvalue weighted by Crippen LogP contribution is -2.28. The maximum absolute atomic E-state index is 12.5. The molecule has 0 aliphatic rings. The molecular weight excluding hydrogens is 392 g/mol. The summed E-state index contributed by atoms with van der Waals surface area (Å²) in [5.74, 6) is 0. The Balaban J connectivity index is 1.40. The number of nitrogens with zero attached hydrogens (tertiary/aromatic N) is 4. The van der Waals surface area contributed by atoms with E-state index in [0.29, 0.717) is 24.4 Å². The number of amides is 2. The average molecular weight is 416 g/mol. The van der Waals surface area contributed by atoms with Gasteiger partial charge in [0.25, 0.3) is 0 Å². The zero-order valence-electron chi connectivity index (χ0n) is 17.4. The quantitative estimate of drug-likeness (QED) is 0.506. The van der Waals surface area contributed by atoms with E-state index in [1.54, 1.807) is 18.3 Å². The van der Waals surface area contributed by atoms with Crippen LogP contribution in [0.4, 0.5) is 16.2 Å². The lowest BCUT2D eigenvalue weighted by Gasteiger charge is -2.14. The number of benzene rings is 2. The summed E-state index contributed by atoms with van der Waals surface area (Å²) >= 11 is 0. The molecule has 2 aromatic heterocycles. The first kappa shape index (κ1) is 20.2. The number of hydrogen-bond acceptors (Lipinski definition) is 4. The molecule has 4 rings (SSSR count). The standard InChI is InChI=1S/C23H24N6O2/c1-27(2)20-10-6-7-17(14-20)15-24-22(30)25-19-9-5-8-18(13-19)16-29-23(31)28-12-4-3-11-21(28)26-29/h3-14H,15-16H2,1-2H3,(H2,24,25,30). The van der Waals surface area contributed by atoms with Crippen molar-refractivity contribution in [2.75, 3.05) is 24.3 Å². The highest BCUT2D eigenvalue weighted by Crippen LogP contribution is 2.14. The highest BCUT2D eigenvalue weighted by atomic mass is 16.2. The molecule has 158 valence electrons. The first-order chi connectivity index (χ1) is 15.0. The molecule has 4 aromatic rings. The second kappa shape index (κ2) is 8.74. The molecule has 0 spiro atoms. The SMILES string of the molecule is CN(C)c1cccc(CNC(=O)Nc2cccc(Cn3nc4ccccn4c3=O)c2)c1. The number of carbonyl (C=O) groups excluding carboxylic acids is 1. The number of hydrogen-bond donors (Lipinski definition) is 2. The normalized spacial score (nSPS) is 10.8. The van der Waals surface area contributed by atoms with Gasteiger partial charge in [-0.05, 0) is 47.5 Å². The van der Waals surface area contributed by atoms with E-state index in [4.69, 9.17) is 0 Å². The third-order valence-electron chi connectivity index (χ3n) is 4.89. The molecular formula is C23H24N6O2. The van der Waals surface area contributed by atoms with Crippen LogP contribution in [-0.2, 0) is 13.1 Å². The number of carbonyl (C=O) groups is 1. The van der Waals surface area contributed by atoms with Crippen LogP contribution in [-0.4, -0.2) is 34.3 Å². The van der Waals surface area contributed by atoms with E-state index in [-0.39, 0.29) is 11.7 Å². The molecule has 8 nitrogen and oxygen atoms in total. The molecule has 0 aliphatic heterocycles. The molecule has 0 saturated heterocycles. The van der Waals surface area contributed by atoms with Gasteiger partial charge in [-0.15, -0.1) is 5.10 Å². The molecule has 0 aliphatic carbocycles. The Kier molecular flexibility index (Phi) is 5.70. The fourth-order valence-corrected chi connectivity index (χ4v) is 3.29. The molecule has 8 heteroatoms. The zero-order chi connectivity index (χ0) is 21.8. The molecule has 2 heterocycles. The Morgan fingerprint density at radius 3 is 2.61 bits per heavy atom. The number of anilines is 2. The molecule has 31 heavy (non-hydrogen) atoms. The fourth-order valence-electron chi connectivity index (χ4n) is 3.29. The van der Waals surface area contributed by atoms with Crippen LogP contribution in [0.2, 0.25) is 0 Å². The van der Waals surface area contributed by atoms with Crippen LogP contribution in [0, 0.1) is 0 Å². The lowest BCUT2D eigenvalue weighted by molar-refractivity contribution is 0.251. The van der Waals surface area contributed by atoms with E-state index in [0.717, 1.165) is 16.8 Å².